The van der Waals surface area contributed by atoms with Crippen LogP contribution in [0.3, 0.4) is 0 Å². The quantitative estimate of drug-likeness (QED) is 0.807. The van der Waals surface area contributed by atoms with Gasteiger partial charge in [-0.15, -0.1) is 0 Å². The Kier molecular flexibility index (Phi) is 3.81. The number of hydrogen-bond donors (Lipinski definition) is 2. The Morgan fingerprint density at radius 2 is 2.41 bits per heavy atom. The molecule has 1 aliphatic heterocycles. The molecule has 7 heteroatoms. The van der Waals surface area contributed by atoms with Gasteiger partial charge in [-0.1, -0.05) is 11.8 Å². The Morgan fingerprint density at radius 1 is 1.53 bits per heavy atom. The van der Waals surface area contributed by atoms with Crippen molar-refractivity contribution in [3.05, 3.63) is 24.2 Å². The number of thioether (sulfide) groups is 1. The van der Waals surface area contributed by atoms with Crippen LogP contribution < -0.4 is 10.6 Å². The lowest BCUT2D eigenvalue weighted by Crippen LogP contribution is -2.38. The van der Waals surface area contributed by atoms with Gasteiger partial charge in [-0.2, -0.15) is 0 Å². The predicted octanol–water partition coefficient (Wildman–Crippen LogP) is 0.228. The number of amides is 2. The van der Waals surface area contributed by atoms with Crippen LogP contribution >= 0.6 is 11.8 Å². The van der Waals surface area contributed by atoms with Gasteiger partial charge < -0.3 is 15.1 Å². The van der Waals surface area contributed by atoms with Gasteiger partial charge in [0.15, 0.2) is 10.9 Å². The Balaban J connectivity index is 1.74. The molecule has 1 aliphatic rings. The molecular formula is C10H11N3O3S. The molecule has 2 N–H and O–H groups in total. The molecule has 6 nitrogen and oxygen atoms in total. The lowest BCUT2D eigenvalue weighted by molar-refractivity contribution is -0.118. The third-order valence-corrected chi connectivity index (χ3v) is 2.88. The fourth-order valence-electron chi connectivity index (χ4n) is 1.23. The number of amidine groups is 1. The molecule has 0 bridgehead atoms. The van der Waals surface area contributed by atoms with E-state index < -0.39 is 5.91 Å². The minimum atomic E-state index is -0.411. The van der Waals surface area contributed by atoms with E-state index in [0.29, 0.717) is 5.17 Å². The summed E-state index contributed by atoms with van der Waals surface area (Å²) in [6, 6.07) is 3.14. The van der Waals surface area contributed by atoms with Crippen LogP contribution in [-0.4, -0.2) is 35.8 Å². The van der Waals surface area contributed by atoms with Crippen LogP contribution in [0.15, 0.2) is 27.8 Å². The highest BCUT2D eigenvalue weighted by atomic mass is 32.2. The summed E-state index contributed by atoms with van der Waals surface area (Å²) in [5.74, 6) is 0.364. The number of nitrogens with zero attached hydrogens (tertiary/aromatic N) is 1. The van der Waals surface area contributed by atoms with Crippen molar-refractivity contribution in [2.75, 3.05) is 18.8 Å². The van der Waals surface area contributed by atoms with Gasteiger partial charge in [0.25, 0.3) is 5.91 Å². The van der Waals surface area contributed by atoms with Crippen LogP contribution in [0.25, 0.3) is 0 Å². The van der Waals surface area contributed by atoms with Crippen molar-refractivity contribution in [1.82, 2.24) is 10.6 Å². The molecule has 2 rings (SSSR count). The number of rotatable bonds is 3. The molecule has 1 aromatic heterocycles. The largest absolute Gasteiger partial charge is 0.459 e. The van der Waals surface area contributed by atoms with Crippen molar-refractivity contribution in [3.8, 4) is 0 Å². The normalized spacial score (nSPS) is 14.2. The van der Waals surface area contributed by atoms with Crippen LogP contribution in [-0.2, 0) is 4.79 Å². The molecule has 0 fully saturated rings. The first kappa shape index (κ1) is 11.7. The van der Waals surface area contributed by atoms with Gasteiger partial charge in [-0.05, 0) is 12.1 Å². The van der Waals surface area contributed by atoms with Gasteiger partial charge in [-0.3, -0.25) is 14.6 Å². The van der Waals surface area contributed by atoms with E-state index in [4.69, 9.17) is 4.42 Å². The highest BCUT2D eigenvalue weighted by Gasteiger charge is 2.13. The molecule has 0 aromatic carbocycles. The third kappa shape index (κ3) is 3.35. The van der Waals surface area contributed by atoms with E-state index >= 15 is 0 Å². The highest BCUT2D eigenvalue weighted by molar-refractivity contribution is 8.14. The van der Waals surface area contributed by atoms with Gasteiger partial charge >= 0.3 is 0 Å². The number of hydrogen-bond acceptors (Lipinski definition) is 5. The van der Waals surface area contributed by atoms with E-state index in [1.165, 1.54) is 24.1 Å². The molecule has 17 heavy (non-hydrogen) atoms. The molecule has 0 saturated carbocycles. The molecule has 1 aromatic rings. The van der Waals surface area contributed by atoms with Crippen molar-refractivity contribution in [2.45, 2.75) is 0 Å². The lowest BCUT2D eigenvalue weighted by atomic mass is 10.4. The summed E-state index contributed by atoms with van der Waals surface area (Å²) in [6.07, 6.45) is 1.40. The number of furan rings is 1. The molecule has 2 heterocycles. The zero-order valence-electron chi connectivity index (χ0n) is 8.93. The second-order valence-corrected chi connectivity index (χ2v) is 4.33. The summed E-state index contributed by atoms with van der Waals surface area (Å²) in [5, 5.41) is 5.67. The summed E-state index contributed by atoms with van der Waals surface area (Å²) in [6.45, 7) is 0.623. The maximum Gasteiger partial charge on any atom is 0.287 e. The summed E-state index contributed by atoms with van der Waals surface area (Å²) >= 11 is 1.49. The van der Waals surface area contributed by atoms with Crippen LogP contribution in [0.1, 0.15) is 10.6 Å². The monoisotopic (exact) mass is 253 g/mol. The topological polar surface area (TPSA) is 83.7 Å². The number of carbonyl (C=O) groups is 2. The standard InChI is InChI=1S/C10H11N3O3S/c14-8(13-10-11-3-5-17-10)6-12-9(15)7-2-1-4-16-7/h1-2,4H,3,5-6H2,(H,12,15)(H,11,13,14). The van der Waals surface area contributed by atoms with E-state index in [2.05, 4.69) is 15.6 Å². The first-order valence-corrected chi connectivity index (χ1v) is 6.03. The SMILES string of the molecule is O=C(CNC(=O)c1ccco1)NC1=NCCS1. The molecular weight excluding hydrogens is 242 g/mol. The van der Waals surface area contributed by atoms with Gasteiger partial charge in [-0.25, -0.2) is 0 Å². The van der Waals surface area contributed by atoms with Gasteiger partial charge in [0.05, 0.1) is 19.4 Å². The first-order chi connectivity index (χ1) is 8.25. The Morgan fingerprint density at radius 3 is 3.06 bits per heavy atom. The summed E-state index contributed by atoms with van der Waals surface area (Å²) < 4.78 is 4.89. The van der Waals surface area contributed by atoms with E-state index in [1.807, 2.05) is 0 Å². The molecule has 0 aliphatic carbocycles. The minimum absolute atomic E-state index is 0.0981. The molecule has 90 valence electrons. The second kappa shape index (κ2) is 5.53. The number of aliphatic imine (C=N–C) groups is 1. The summed E-state index contributed by atoms with van der Waals surface area (Å²) in [7, 11) is 0. The third-order valence-electron chi connectivity index (χ3n) is 1.99. The maximum atomic E-state index is 11.4. The predicted molar refractivity (Wildman–Crippen MR) is 63.9 cm³/mol. The molecule has 0 saturated heterocycles. The Labute approximate surface area is 102 Å². The molecule has 0 atom stereocenters. The lowest BCUT2D eigenvalue weighted by Gasteiger charge is -2.04. The number of carbonyl (C=O) groups excluding carboxylic acids is 2. The Hall–Kier alpha value is -1.76. The molecule has 0 unspecified atom stereocenters. The molecule has 0 radical (unpaired) electrons. The maximum absolute atomic E-state index is 11.4. The smallest absolute Gasteiger partial charge is 0.287 e. The van der Waals surface area contributed by atoms with Crippen LogP contribution in [0.2, 0.25) is 0 Å². The van der Waals surface area contributed by atoms with Gasteiger partial charge in [0.1, 0.15) is 0 Å². The zero-order chi connectivity index (χ0) is 12.1. The van der Waals surface area contributed by atoms with Crippen molar-refractivity contribution >= 4 is 28.7 Å². The minimum Gasteiger partial charge on any atom is -0.459 e. The fraction of sp³-hybridized carbons (Fsp3) is 0.300. The first-order valence-electron chi connectivity index (χ1n) is 5.04. The highest BCUT2D eigenvalue weighted by Crippen LogP contribution is 2.08. The Bertz CT molecular complexity index is 442. The van der Waals surface area contributed by atoms with Crippen molar-refractivity contribution in [3.63, 3.8) is 0 Å². The van der Waals surface area contributed by atoms with E-state index in [1.54, 1.807) is 6.07 Å². The van der Waals surface area contributed by atoms with Gasteiger partial charge in [0.2, 0.25) is 5.91 Å². The van der Waals surface area contributed by atoms with E-state index in [0.717, 1.165) is 12.3 Å². The van der Waals surface area contributed by atoms with Crippen molar-refractivity contribution < 1.29 is 14.0 Å². The summed E-state index contributed by atoms with van der Waals surface area (Å²) in [5.41, 5.74) is 0. The average Bonchev–Trinajstić information content (AvgIpc) is 2.97. The van der Waals surface area contributed by atoms with Crippen LogP contribution in [0.4, 0.5) is 0 Å². The molecule has 2 amide bonds. The number of nitrogens with one attached hydrogen (secondary N) is 2. The van der Waals surface area contributed by atoms with Crippen LogP contribution in [0, 0.1) is 0 Å². The van der Waals surface area contributed by atoms with Crippen molar-refractivity contribution in [2.24, 2.45) is 4.99 Å². The zero-order valence-corrected chi connectivity index (χ0v) is 9.75. The van der Waals surface area contributed by atoms with E-state index in [9.17, 15) is 9.59 Å². The van der Waals surface area contributed by atoms with Gasteiger partial charge in [0, 0.05) is 5.75 Å². The summed E-state index contributed by atoms with van der Waals surface area (Å²) in [4.78, 5) is 26.9. The van der Waals surface area contributed by atoms with Crippen molar-refractivity contribution in [1.29, 1.82) is 0 Å². The average molecular weight is 253 g/mol. The fourth-order valence-corrected chi connectivity index (χ4v) is 1.97. The second-order valence-electron chi connectivity index (χ2n) is 3.24. The van der Waals surface area contributed by atoms with E-state index in [-0.39, 0.29) is 18.2 Å². The van der Waals surface area contributed by atoms with Crippen LogP contribution in [0.5, 0.6) is 0 Å². The molecule has 0 spiro atoms.